The van der Waals surface area contributed by atoms with Crippen LogP contribution >= 0.6 is 0 Å². The molecule has 0 atom stereocenters. The lowest BCUT2D eigenvalue weighted by Crippen LogP contribution is -2.49. The molecule has 3 aliphatic rings. The summed E-state index contributed by atoms with van der Waals surface area (Å²) >= 11 is 0. The third-order valence-corrected chi connectivity index (χ3v) is 6.51. The van der Waals surface area contributed by atoms with Crippen LogP contribution in [-0.2, 0) is 4.79 Å². The van der Waals surface area contributed by atoms with Crippen LogP contribution in [0.1, 0.15) is 57.8 Å². The number of hydrogen-bond acceptors (Lipinski definition) is 5. The van der Waals surface area contributed by atoms with E-state index in [0.717, 1.165) is 69.7 Å². The van der Waals surface area contributed by atoms with E-state index < -0.39 is 0 Å². The van der Waals surface area contributed by atoms with E-state index in [1.165, 1.54) is 44.9 Å². The molecule has 1 aromatic heterocycles. The number of aromatic nitrogens is 2. The lowest BCUT2D eigenvalue weighted by Gasteiger charge is -2.35. The largest absolute Gasteiger partial charge is 0.355 e. The minimum Gasteiger partial charge on any atom is -0.355 e. The van der Waals surface area contributed by atoms with E-state index in [2.05, 4.69) is 32.1 Å². The number of rotatable bonds is 5. The van der Waals surface area contributed by atoms with Crippen molar-refractivity contribution in [2.75, 3.05) is 49.1 Å². The number of hydrogen-bond donors (Lipinski definition) is 0. The van der Waals surface area contributed by atoms with Gasteiger partial charge in [-0.15, -0.1) is 10.2 Å². The summed E-state index contributed by atoms with van der Waals surface area (Å²) in [5.74, 6) is 3.06. The number of piperazine rings is 1. The smallest absolute Gasteiger partial charge is 0.222 e. The van der Waals surface area contributed by atoms with Gasteiger partial charge < -0.3 is 14.7 Å². The minimum atomic E-state index is 0.343. The summed E-state index contributed by atoms with van der Waals surface area (Å²) in [5.41, 5.74) is 0. The van der Waals surface area contributed by atoms with Gasteiger partial charge in [0.2, 0.25) is 5.91 Å². The number of anilines is 2. The highest BCUT2D eigenvalue weighted by Gasteiger charge is 2.23. The van der Waals surface area contributed by atoms with Gasteiger partial charge in [-0.3, -0.25) is 4.79 Å². The lowest BCUT2D eigenvalue weighted by molar-refractivity contribution is -0.131. The highest BCUT2D eigenvalue weighted by atomic mass is 16.2. The first-order chi connectivity index (χ1) is 13.3. The van der Waals surface area contributed by atoms with Gasteiger partial charge in [0.05, 0.1) is 0 Å². The molecule has 0 radical (unpaired) electrons. The van der Waals surface area contributed by atoms with Gasteiger partial charge in [-0.2, -0.15) is 0 Å². The number of carbonyl (C=O) groups is 1. The highest BCUT2D eigenvalue weighted by molar-refractivity contribution is 5.76. The minimum absolute atomic E-state index is 0.343. The third kappa shape index (κ3) is 4.71. The molecule has 4 rings (SSSR count). The van der Waals surface area contributed by atoms with Gasteiger partial charge in [0, 0.05) is 45.7 Å². The number of nitrogens with zero attached hydrogens (tertiary/aromatic N) is 5. The summed E-state index contributed by atoms with van der Waals surface area (Å²) in [5, 5.41) is 8.87. The van der Waals surface area contributed by atoms with Crippen LogP contribution in [-0.4, -0.2) is 60.3 Å². The van der Waals surface area contributed by atoms with Gasteiger partial charge in [-0.25, -0.2) is 0 Å². The molecule has 1 aliphatic carbocycles. The van der Waals surface area contributed by atoms with Gasteiger partial charge in [-0.1, -0.05) is 32.1 Å². The molecular weight excluding hydrogens is 338 g/mol. The summed E-state index contributed by atoms with van der Waals surface area (Å²) in [4.78, 5) is 19.2. The Labute approximate surface area is 162 Å². The molecule has 1 amide bonds. The monoisotopic (exact) mass is 371 g/mol. The summed E-state index contributed by atoms with van der Waals surface area (Å²) in [6.07, 6.45) is 11.1. The average molecular weight is 372 g/mol. The van der Waals surface area contributed by atoms with Crippen LogP contribution < -0.4 is 9.80 Å². The van der Waals surface area contributed by atoms with Crippen molar-refractivity contribution in [1.82, 2.24) is 15.1 Å². The maximum absolute atomic E-state index is 12.5. The van der Waals surface area contributed by atoms with Crippen molar-refractivity contribution in [3.05, 3.63) is 12.1 Å². The van der Waals surface area contributed by atoms with Crippen LogP contribution in [0.4, 0.5) is 11.6 Å². The third-order valence-electron chi connectivity index (χ3n) is 6.51. The molecule has 2 saturated heterocycles. The number of carbonyl (C=O) groups excluding carboxylic acids is 1. The molecule has 1 saturated carbocycles. The molecule has 1 aromatic rings. The topological polar surface area (TPSA) is 52.6 Å². The normalized spacial score (nSPS) is 21.7. The summed E-state index contributed by atoms with van der Waals surface area (Å²) in [6, 6.07) is 4.18. The quantitative estimate of drug-likeness (QED) is 0.796. The van der Waals surface area contributed by atoms with Crippen LogP contribution in [0, 0.1) is 5.92 Å². The second-order valence-electron chi connectivity index (χ2n) is 8.35. The molecule has 27 heavy (non-hydrogen) atoms. The standard InChI is InChI=1S/C21H33N5O/c27-21(11-8-18-6-2-1-3-7-18)26-16-14-25(15-17-26)20-10-9-19(22-23-20)24-12-4-5-13-24/h9-10,18H,1-8,11-17H2. The molecule has 3 fully saturated rings. The molecule has 0 spiro atoms. The molecule has 0 N–H and O–H groups in total. The molecule has 0 unspecified atom stereocenters. The van der Waals surface area contributed by atoms with E-state index in [-0.39, 0.29) is 0 Å². The first-order valence-electron chi connectivity index (χ1n) is 10.9. The average Bonchev–Trinajstić information content (AvgIpc) is 3.28. The Morgan fingerprint density at radius 1 is 0.815 bits per heavy atom. The fraction of sp³-hybridized carbons (Fsp3) is 0.762. The summed E-state index contributed by atoms with van der Waals surface area (Å²) in [7, 11) is 0. The van der Waals surface area contributed by atoms with Crippen molar-refractivity contribution >= 4 is 17.5 Å². The molecule has 148 valence electrons. The SMILES string of the molecule is O=C(CCC1CCCCC1)N1CCN(c2ccc(N3CCCC3)nn2)CC1. The van der Waals surface area contributed by atoms with Gasteiger partial charge >= 0.3 is 0 Å². The predicted molar refractivity (Wildman–Crippen MR) is 108 cm³/mol. The van der Waals surface area contributed by atoms with Crippen molar-refractivity contribution in [3.63, 3.8) is 0 Å². The summed E-state index contributed by atoms with van der Waals surface area (Å²) in [6.45, 7) is 5.50. The van der Waals surface area contributed by atoms with Crippen molar-refractivity contribution < 1.29 is 4.79 Å². The maximum Gasteiger partial charge on any atom is 0.222 e. The first kappa shape index (κ1) is 18.5. The van der Waals surface area contributed by atoms with Crippen molar-refractivity contribution in [2.24, 2.45) is 5.92 Å². The molecule has 3 heterocycles. The fourth-order valence-corrected chi connectivity index (χ4v) is 4.75. The van der Waals surface area contributed by atoms with E-state index in [9.17, 15) is 4.79 Å². The Hall–Kier alpha value is -1.85. The Balaban J connectivity index is 1.22. The van der Waals surface area contributed by atoms with Crippen LogP contribution in [0.2, 0.25) is 0 Å². The van der Waals surface area contributed by atoms with Gasteiger partial charge in [-0.05, 0) is 37.3 Å². The zero-order chi connectivity index (χ0) is 18.5. The fourth-order valence-electron chi connectivity index (χ4n) is 4.75. The van der Waals surface area contributed by atoms with Gasteiger partial charge in [0.15, 0.2) is 11.6 Å². The Morgan fingerprint density at radius 3 is 2.00 bits per heavy atom. The van der Waals surface area contributed by atoms with E-state index >= 15 is 0 Å². The molecule has 0 bridgehead atoms. The van der Waals surface area contributed by atoms with Crippen molar-refractivity contribution in [2.45, 2.75) is 57.8 Å². The van der Waals surface area contributed by atoms with Gasteiger partial charge in [0.1, 0.15) is 0 Å². The highest BCUT2D eigenvalue weighted by Crippen LogP contribution is 2.27. The van der Waals surface area contributed by atoms with E-state index in [0.29, 0.717) is 5.91 Å². The van der Waals surface area contributed by atoms with E-state index in [4.69, 9.17) is 0 Å². The number of amides is 1. The zero-order valence-electron chi connectivity index (χ0n) is 16.5. The van der Waals surface area contributed by atoms with E-state index in [1.807, 2.05) is 4.90 Å². The molecular formula is C21H33N5O. The maximum atomic E-state index is 12.5. The first-order valence-corrected chi connectivity index (χ1v) is 10.9. The Bertz CT molecular complexity index is 600. The Morgan fingerprint density at radius 2 is 1.41 bits per heavy atom. The van der Waals surface area contributed by atoms with Crippen LogP contribution in [0.5, 0.6) is 0 Å². The zero-order valence-corrected chi connectivity index (χ0v) is 16.5. The second-order valence-corrected chi connectivity index (χ2v) is 8.35. The molecule has 6 heteroatoms. The molecule has 2 aliphatic heterocycles. The van der Waals surface area contributed by atoms with Crippen molar-refractivity contribution in [1.29, 1.82) is 0 Å². The van der Waals surface area contributed by atoms with Crippen LogP contribution in [0.15, 0.2) is 12.1 Å². The second kappa shape index (κ2) is 8.89. The van der Waals surface area contributed by atoms with Gasteiger partial charge in [0.25, 0.3) is 0 Å². The lowest BCUT2D eigenvalue weighted by atomic mass is 9.86. The Kier molecular flexibility index (Phi) is 6.10. The van der Waals surface area contributed by atoms with Crippen molar-refractivity contribution in [3.8, 4) is 0 Å². The van der Waals surface area contributed by atoms with Crippen LogP contribution in [0.3, 0.4) is 0 Å². The molecule has 0 aromatic carbocycles. The summed E-state index contributed by atoms with van der Waals surface area (Å²) < 4.78 is 0. The van der Waals surface area contributed by atoms with E-state index in [1.54, 1.807) is 0 Å². The predicted octanol–water partition coefficient (Wildman–Crippen LogP) is 3.09. The molecule has 6 nitrogen and oxygen atoms in total. The van der Waals surface area contributed by atoms with Crippen LogP contribution in [0.25, 0.3) is 0 Å².